The summed E-state index contributed by atoms with van der Waals surface area (Å²) < 4.78 is 7.84. The Labute approximate surface area is 103 Å². The van der Waals surface area contributed by atoms with Gasteiger partial charge in [-0.05, 0) is 25.7 Å². The Morgan fingerprint density at radius 3 is 2.94 bits per heavy atom. The van der Waals surface area contributed by atoms with E-state index < -0.39 is 0 Å². The Hall–Kier alpha value is -0.870. The molecule has 4 heteroatoms. The van der Waals surface area contributed by atoms with E-state index in [4.69, 9.17) is 10.5 Å². The van der Waals surface area contributed by atoms with E-state index in [1.54, 1.807) is 0 Å². The molecule has 0 bridgehead atoms. The van der Waals surface area contributed by atoms with Gasteiger partial charge < -0.3 is 15.0 Å². The van der Waals surface area contributed by atoms with Gasteiger partial charge in [-0.3, -0.25) is 0 Å². The SMILES string of the molecule is CC1CC(n2cncc2C(N)C(C)C)CCO1. The summed E-state index contributed by atoms with van der Waals surface area (Å²) in [5.74, 6) is 0.433. The Bertz CT molecular complexity index is 361. The smallest absolute Gasteiger partial charge is 0.0951 e. The molecule has 1 saturated heterocycles. The fourth-order valence-electron chi connectivity index (χ4n) is 2.45. The van der Waals surface area contributed by atoms with E-state index in [0.717, 1.165) is 25.1 Å². The van der Waals surface area contributed by atoms with Gasteiger partial charge in [-0.25, -0.2) is 4.98 Å². The van der Waals surface area contributed by atoms with Gasteiger partial charge in [-0.1, -0.05) is 13.8 Å². The van der Waals surface area contributed by atoms with Gasteiger partial charge in [-0.15, -0.1) is 0 Å². The third-order valence-corrected chi connectivity index (χ3v) is 3.61. The molecule has 1 aliphatic heterocycles. The van der Waals surface area contributed by atoms with E-state index in [9.17, 15) is 0 Å². The molecule has 3 atom stereocenters. The van der Waals surface area contributed by atoms with Gasteiger partial charge in [0, 0.05) is 24.9 Å². The molecule has 17 heavy (non-hydrogen) atoms. The van der Waals surface area contributed by atoms with Crippen molar-refractivity contribution in [3.8, 4) is 0 Å². The van der Waals surface area contributed by atoms with Gasteiger partial charge in [0.15, 0.2) is 0 Å². The minimum atomic E-state index is 0.0654. The first-order chi connectivity index (χ1) is 8.09. The highest BCUT2D eigenvalue weighted by Crippen LogP contribution is 2.29. The van der Waals surface area contributed by atoms with Crippen molar-refractivity contribution in [2.24, 2.45) is 11.7 Å². The molecular weight excluding hydrogens is 214 g/mol. The lowest BCUT2D eigenvalue weighted by Gasteiger charge is -2.30. The molecule has 1 fully saturated rings. The highest BCUT2D eigenvalue weighted by atomic mass is 16.5. The van der Waals surface area contributed by atoms with Crippen LogP contribution in [-0.2, 0) is 4.74 Å². The van der Waals surface area contributed by atoms with Crippen LogP contribution in [0.1, 0.15) is 51.4 Å². The molecular formula is C13H23N3O. The fraction of sp³-hybridized carbons (Fsp3) is 0.769. The van der Waals surface area contributed by atoms with Crippen molar-refractivity contribution >= 4 is 0 Å². The van der Waals surface area contributed by atoms with E-state index in [-0.39, 0.29) is 6.04 Å². The van der Waals surface area contributed by atoms with Crippen molar-refractivity contribution in [2.45, 2.75) is 51.8 Å². The van der Waals surface area contributed by atoms with Gasteiger partial charge in [0.2, 0.25) is 0 Å². The number of imidazole rings is 1. The van der Waals surface area contributed by atoms with Crippen LogP contribution >= 0.6 is 0 Å². The number of aromatic nitrogens is 2. The van der Waals surface area contributed by atoms with Crippen molar-refractivity contribution < 1.29 is 4.74 Å². The molecule has 2 N–H and O–H groups in total. The van der Waals surface area contributed by atoms with Crippen LogP contribution in [0.4, 0.5) is 0 Å². The summed E-state index contributed by atoms with van der Waals surface area (Å²) in [6.07, 6.45) is 6.26. The van der Waals surface area contributed by atoms with E-state index >= 15 is 0 Å². The Morgan fingerprint density at radius 2 is 2.29 bits per heavy atom. The zero-order valence-corrected chi connectivity index (χ0v) is 11.0. The summed E-state index contributed by atoms with van der Waals surface area (Å²) in [4.78, 5) is 4.27. The Morgan fingerprint density at radius 1 is 1.53 bits per heavy atom. The molecule has 2 heterocycles. The monoisotopic (exact) mass is 237 g/mol. The third kappa shape index (κ3) is 2.69. The first-order valence-electron chi connectivity index (χ1n) is 6.48. The first-order valence-corrected chi connectivity index (χ1v) is 6.48. The zero-order valence-electron chi connectivity index (χ0n) is 11.0. The topological polar surface area (TPSA) is 53.1 Å². The van der Waals surface area contributed by atoms with Gasteiger partial charge in [0.1, 0.15) is 0 Å². The maximum Gasteiger partial charge on any atom is 0.0951 e. The van der Waals surface area contributed by atoms with Crippen molar-refractivity contribution in [3.05, 3.63) is 18.2 Å². The lowest BCUT2D eigenvalue weighted by molar-refractivity contribution is 0.00518. The highest BCUT2D eigenvalue weighted by Gasteiger charge is 2.24. The first kappa shape index (κ1) is 12.6. The zero-order chi connectivity index (χ0) is 12.4. The number of nitrogens with two attached hydrogens (primary N) is 1. The number of hydrogen-bond donors (Lipinski definition) is 1. The van der Waals surface area contributed by atoms with Gasteiger partial charge >= 0.3 is 0 Å². The quantitative estimate of drug-likeness (QED) is 0.877. The van der Waals surface area contributed by atoms with Crippen LogP contribution in [0.15, 0.2) is 12.5 Å². The average Bonchev–Trinajstić information content (AvgIpc) is 2.76. The maximum absolute atomic E-state index is 6.23. The van der Waals surface area contributed by atoms with Crippen LogP contribution in [-0.4, -0.2) is 22.3 Å². The molecule has 0 aliphatic carbocycles. The molecule has 0 radical (unpaired) electrons. The van der Waals surface area contributed by atoms with Crippen molar-refractivity contribution in [1.82, 2.24) is 9.55 Å². The highest BCUT2D eigenvalue weighted by molar-refractivity contribution is 5.07. The van der Waals surface area contributed by atoms with Crippen LogP contribution < -0.4 is 5.73 Å². The van der Waals surface area contributed by atoms with Crippen LogP contribution in [0.5, 0.6) is 0 Å². The maximum atomic E-state index is 6.23. The Kier molecular flexibility index (Phi) is 3.84. The normalized spacial score (nSPS) is 27.4. The minimum Gasteiger partial charge on any atom is -0.378 e. The minimum absolute atomic E-state index is 0.0654. The van der Waals surface area contributed by atoms with Crippen LogP contribution in [0.3, 0.4) is 0 Å². The van der Waals surface area contributed by atoms with Crippen LogP contribution in [0.25, 0.3) is 0 Å². The Balaban J connectivity index is 2.18. The summed E-state index contributed by atoms with van der Waals surface area (Å²) in [6, 6.07) is 0.553. The summed E-state index contributed by atoms with van der Waals surface area (Å²) in [5, 5.41) is 0. The van der Waals surface area contributed by atoms with Gasteiger partial charge in [0.05, 0.1) is 18.1 Å². The molecule has 0 spiro atoms. The van der Waals surface area contributed by atoms with Crippen molar-refractivity contribution in [3.63, 3.8) is 0 Å². The molecule has 0 aromatic carbocycles. The molecule has 1 aromatic rings. The number of rotatable bonds is 3. The largest absolute Gasteiger partial charge is 0.378 e. The number of ether oxygens (including phenoxy) is 1. The predicted octanol–water partition coefficient (Wildman–Crippen LogP) is 2.28. The van der Waals surface area contributed by atoms with Crippen molar-refractivity contribution in [2.75, 3.05) is 6.61 Å². The van der Waals surface area contributed by atoms with Crippen LogP contribution in [0.2, 0.25) is 0 Å². The lowest BCUT2D eigenvalue weighted by Crippen LogP contribution is -2.28. The fourth-order valence-corrected chi connectivity index (χ4v) is 2.45. The summed E-state index contributed by atoms with van der Waals surface area (Å²) >= 11 is 0. The molecule has 2 rings (SSSR count). The molecule has 96 valence electrons. The molecule has 1 aliphatic rings. The van der Waals surface area contributed by atoms with Crippen molar-refractivity contribution in [1.29, 1.82) is 0 Å². The standard InChI is InChI=1S/C13H23N3O/c1-9(2)13(14)12-7-15-8-16(12)11-4-5-17-10(3)6-11/h7-11,13H,4-6,14H2,1-3H3. The average molecular weight is 237 g/mol. The van der Waals surface area contributed by atoms with E-state index in [0.29, 0.717) is 18.1 Å². The number of hydrogen-bond acceptors (Lipinski definition) is 3. The molecule has 1 aromatic heterocycles. The second-order valence-corrected chi connectivity index (χ2v) is 5.36. The van der Waals surface area contributed by atoms with E-state index in [1.807, 2.05) is 12.5 Å². The predicted molar refractivity (Wildman–Crippen MR) is 67.7 cm³/mol. The third-order valence-electron chi connectivity index (χ3n) is 3.61. The molecule has 3 unspecified atom stereocenters. The van der Waals surface area contributed by atoms with Crippen LogP contribution in [0, 0.1) is 5.92 Å². The molecule has 4 nitrogen and oxygen atoms in total. The van der Waals surface area contributed by atoms with E-state index in [1.165, 1.54) is 0 Å². The van der Waals surface area contributed by atoms with Gasteiger partial charge in [-0.2, -0.15) is 0 Å². The molecule has 0 amide bonds. The molecule has 0 saturated carbocycles. The van der Waals surface area contributed by atoms with Gasteiger partial charge in [0.25, 0.3) is 0 Å². The second kappa shape index (κ2) is 5.19. The lowest BCUT2D eigenvalue weighted by atomic mass is 9.99. The number of nitrogens with zero attached hydrogens (tertiary/aromatic N) is 2. The summed E-state index contributed by atoms with van der Waals surface area (Å²) in [5.41, 5.74) is 7.38. The summed E-state index contributed by atoms with van der Waals surface area (Å²) in [6.45, 7) is 7.26. The second-order valence-electron chi connectivity index (χ2n) is 5.36. The van der Waals surface area contributed by atoms with E-state index in [2.05, 4.69) is 30.3 Å². The summed E-state index contributed by atoms with van der Waals surface area (Å²) in [7, 11) is 0.